The molecule has 9 heteroatoms. The Hall–Kier alpha value is -3.33. The third kappa shape index (κ3) is 3.62. The van der Waals surface area contributed by atoms with Gasteiger partial charge in [-0.1, -0.05) is 23.5 Å². The molecule has 0 saturated carbocycles. The van der Waals surface area contributed by atoms with Crippen LogP contribution in [0.2, 0.25) is 0 Å². The first-order chi connectivity index (χ1) is 15.4. The van der Waals surface area contributed by atoms with Crippen molar-refractivity contribution in [2.45, 2.75) is 13.8 Å². The number of hydrogen-bond acceptors (Lipinski definition) is 5. The SMILES string of the molecule is Cc1cccc(-n2nc(C)c3sc(N4CCN(C(=O)c5ccc(F)c(F)c5)CC4)nc32)c1. The number of halogens is 2. The minimum absolute atomic E-state index is 0.159. The fourth-order valence-electron chi connectivity index (χ4n) is 3.91. The number of hydrogen-bond donors (Lipinski definition) is 0. The van der Waals surface area contributed by atoms with Gasteiger partial charge in [0.05, 0.1) is 16.1 Å². The molecule has 4 aromatic rings. The van der Waals surface area contributed by atoms with E-state index in [0.29, 0.717) is 26.2 Å². The van der Waals surface area contributed by atoms with Crippen molar-refractivity contribution in [1.29, 1.82) is 0 Å². The topological polar surface area (TPSA) is 54.3 Å². The van der Waals surface area contributed by atoms with Crippen LogP contribution < -0.4 is 4.90 Å². The zero-order chi connectivity index (χ0) is 22.4. The van der Waals surface area contributed by atoms with E-state index in [4.69, 9.17) is 4.98 Å². The molecular weight excluding hydrogens is 432 g/mol. The first kappa shape index (κ1) is 20.6. The van der Waals surface area contributed by atoms with Crippen molar-refractivity contribution in [1.82, 2.24) is 19.7 Å². The fourth-order valence-corrected chi connectivity index (χ4v) is 4.95. The summed E-state index contributed by atoms with van der Waals surface area (Å²) in [5.74, 6) is -2.26. The summed E-state index contributed by atoms with van der Waals surface area (Å²) in [6, 6.07) is 11.4. The molecular formula is C23H21F2N5OS. The van der Waals surface area contributed by atoms with E-state index in [9.17, 15) is 13.6 Å². The van der Waals surface area contributed by atoms with Crippen LogP contribution in [0.15, 0.2) is 42.5 Å². The van der Waals surface area contributed by atoms with Crippen molar-refractivity contribution in [3.05, 3.63) is 70.9 Å². The highest BCUT2D eigenvalue weighted by molar-refractivity contribution is 7.22. The highest BCUT2D eigenvalue weighted by Gasteiger charge is 2.26. The summed E-state index contributed by atoms with van der Waals surface area (Å²) in [7, 11) is 0. The standard InChI is InChI=1S/C23H21F2N5OS/c1-14-4-3-5-17(12-14)30-21-20(15(2)27-30)32-23(26-21)29-10-8-28(9-11-29)22(31)16-6-7-18(24)19(25)13-16/h3-7,12-13H,8-11H2,1-2H3. The van der Waals surface area contributed by atoms with Crippen LogP contribution >= 0.6 is 11.3 Å². The molecule has 0 aliphatic carbocycles. The lowest BCUT2D eigenvalue weighted by atomic mass is 10.1. The second-order valence-corrected chi connectivity index (χ2v) is 8.87. The van der Waals surface area contributed by atoms with Crippen LogP contribution in [-0.2, 0) is 0 Å². The first-order valence-electron chi connectivity index (χ1n) is 10.3. The Morgan fingerprint density at radius 1 is 1.00 bits per heavy atom. The van der Waals surface area contributed by atoms with Crippen molar-refractivity contribution in [3.63, 3.8) is 0 Å². The fraction of sp³-hybridized carbons (Fsp3) is 0.261. The minimum atomic E-state index is -1.01. The van der Waals surface area contributed by atoms with E-state index in [2.05, 4.69) is 16.1 Å². The van der Waals surface area contributed by atoms with Gasteiger partial charge in [-0.2, -0.15) is 10.1 Å². The van der Waals surface area contributed by atoms with Crippen LogP contribution in [0.5, 0.6) is 0 Å². The maximum atomic E-state index is 13.5. The summed E-state index contributed by atoms with van der Waals surface area (Å²) in [5, 5.41) is 5.56. The second kappa shape index (κ2) is 7.98. The number of aromatic nitrogens is 3. The number of benzene rings is 2. The molecule has 164 valence electrons. The second-order valence-electron chi connectivity index (χ2n) is 7.89. The van der Waals surface area contributed by atoms with Crippen LogP contribution in [0.25, 0.3) is 16.0 Å². The smallest absolute Gasteiger partial charge is 0.254 e. The molecule has 1 fully saturated rings. The summed E-state index contributed by atoms with van der Waals surface area (Å²) in [4.78, 5) is 21.4. The quantitative estimate of drug-likeness (QED) is 0.463. The van der Waals surface area contributed by atoms with Gasteiger partial charge in [0.1, 0.15) is 0 Å². The zero-order valence-electron chi connectivity index (χ0n) is 17.7. The van der Waals surface area contributed by atoms with Crippen LogP contribution in [0, 0.1) is 25.5 Å². The lowest BCUT2D eigenvalue weighted by Crippen LogP contribution is -2.48. The zero-order valence-corrected chi connectivity index (χ0v) is 18.5. The monoisotopic (exact) mass is 453 g/mol. The van der Waals surface area contributed by atoms with Crippen LogP contribution in [-0.4, -0.2) is 51.8 Å². The van der Waals surface area contributed by atoms with Crippen LogP contribution in [0.3, 0.4) is 0 Å². The number of carbonyl (C=O) groups is 1. The van der Waals surface area contributed by atoms with E-state index in [-0.39, 0.29) is 11.5 Å². The summed E-state index contributed by atoms with van der Waals surface area (Å²) >= 11 is 1.60. The molecule has 3 heterocycles. The van der Waals surface area contributed by atoms with Crippen LogP contribution in [0.1, 0.15) is 21.6 Å². The number of nitrogens with zero attached hydrogens (tertiary/aromatic N) is 5. The molecule has 2 aromatic carbocycles. The van der Waals surface area contributed by atoms with Gasteiger partial charge in [0.2, 0.25) is 0 Å². The summed E-state index contributed by atoms with van der Waals surface area (Å²) in [5.41, 5.74) is 4.04. The van der Waals surface area contributed by atoms with E-state index in [1.165, 1.54) is 6.07 Å². The van der Waals surface area contributed by atoms with E-state index in [0.717, 1.165) is 44.6 Å². The van der Waals surface area contributed by atoms with E-state index < -0.39 is 11.6 Å². The normalized spacial score (nSPS) is 14.4. The number of piperazine rings is 1. The highest BCUT2D eigenvalue weighted by Crippen LogP contribution is 2.33. The van der Waals surface area contributed by atoms with Crippen molar-refractivity contribution in [2.24, 2.45) is 0 Å². The lowest BCUT2D eigenvalue weighted by molar-refractivity contribution is 0.0746. The molecule has 0 atom stereocenters. The van der Waals surface area contributed by atoms with Gasteiger partial charge in [0, 0.05) is 31.7 Å². The predicted molar refractivity (Wildman–Crippen MR) is 121 cm³/mol. The lowest BCUT2D eigenvalue weighted by Gasteiger charge is -2.34. The molecule has 6 nitrogen and oxygen atoms in total. The molecule has 5 rings (SSSR count). The highest BCUT2D eigenvalue weighted by atomic mass is 32.1. The van der Waals surface area contributed by atoms with Gasteiger partial charge in [-0.15, -0.1) is 0 Å². The van der Waals surface area contributed by atoms with Gasteiger partial charge >= 0.3 is 0 Å². The maximum Gasteiger partial charge on any atom is 0.254 e. The number of anilines is 1. The molecule has 0 unspecified atom stereocenters. The molecule has 2 aromatic heterocycles. The molecule has 0 radical (unpaired) electrons. The van der Waals surface area contributed by atoms with Crippen molar-refractivity contribution in [2.75, 3.05) is 31.1 Å². The van der Waals surface area contributed by atoms with E-state index in [1.807, 2.05) is 36.7 Å². The molecule has 1 aliphatic heterocycles. The average Bonchev–Trinajstić information content (AvgIpc) is 3.36. The Balaban J connectivity index is 1.34. The molecule has 32 heavy (non-hydrogen) atoms. The number of fused-ring (bicyclic) bond motifs is 1. The summed E-state index contributed by atoms with van der Waals surface area (Å²) in [6.45, 7) is 6.22. The number of amides is 1. The number of aryl methyl sites for hydroxylation is 2. The van der Waals surface area contributed by atoms with Crippen molar-refractivity contribution < 1.29 is 13.6 Å². The van der Waals surface area contributed by atoms with E-state index in [1.54, 1.807) is 16.2 Å². The van der Waals surface area contributed by atoms with Gasteiger partial charge in [-0.05, 0) is 49.7 Å². The Morgan fingerprint density at radius 3 is 2.50 bits per heavy atom. The molecule has 1 aliphatic rings. The maximum absolute atomic E-state index is 13.5. The van der Waals surface area contributed by atoms with Crippen molar-refractivity contribution in [3.8, 4) is 5.69 Å². The number of rotatable bonds is 3. The average molecular weight is 454 g/mol. The number of carbonyl (C=O) groups excluding carboxylic acids is 1. The Morgan fingerprint density at radius 2 is 1.78 bits per heavy atom. The molecule has 0 N–H and O–H groups in total. The van der Waals surface area contributed by atoms with Gasteiger partial charge in [0.25, 0.3) is 5.91 Å². The molecule has 0 bridgehead atoms. The Labute approximate surface area is 187 Å². The summed E-state index contributed by atoms with van der Waals surface area (Å²) < 4.78 is 29.6. The van der Waals surface area contributed by atoms with Gasteiger partial charge in [-0.3, -0.25) is 4.79 Å². The van der Waals surface area contributed by atoms with Crippen molar-refractivity contribution >= 4 is 32.7 Å². The number of thiazole rings is 1. The van der Waals surface area contributed by atoms with Gasteiger partial charge in [0.15, 0.2) is 22.4 Å². The molecule has 0 spiro atoms. The third-order valence-corrected chi connectivity index (χ3v) is 6.84. The summed E-state index contributed by atoms with van der Waals surface area (Å²) in [6.07, 6.45) is 0. The predicted octanol–water partition coefficient (Wildman–Crippen LogP) is 4.34. The third-order valence-electron chi connectivity index (χ3n) is 5.63. The Kier molecular flexibility index (Phi) is 5.13. The first-order valence-corrected chi connectivity index (χ1v) is 11.1. The van der Waals surface area contributed by atoms with Crippen LogP contribution in [0.4, 0.5) is 13.9 Å². The largest absolute Gasteiger partial charge is 0.344 e. The molecule has 1 amide bonds. The molecule has 1 saturated heterocycles. The van der Waals surface area contributed by atoms with Gasteiger partial charge < -0.3 is 9.80 Å². The van der Waals surface area contributed by atoms with Gasteiger partial charge in [-0.25, -0.2) is 13.5 Å². The minimum Gasteiger partial charge on any atom is -0.344 e. The van der Waals surface area contributed by atoms with E-state index >= 15 is 0 Å². The Bertz CT molecular complexity index is 1320.